The van der Waals surface area contributed by atoms with Gasteiger partial charge in [0.2, 0.25) is 5.91 Å². The van der Waals surface area contributed by atoms with E-state index in [1.807, 2.05) is 40.0 Å². The molecule has 9 nitrogen and oxygen atoms in total. The normalized spacial score (nSPS) is 14.2. The van der Waals surface area contributed by atoms with Gasteiger partial charge in [0.25, 0.3) is 0 Å². The molecule has 1 saturated heterocycles. The van der Waals surface area contributed by atoms with Crippen molar-refractivity contribution in [3.05, 3.63) is 54.1 Å². The molecule has 0 N–H and O–H groups in total. The second-order valence-electron chi connectivity index (χ2n) is 6.55. The molecule has 2 aromatic heterocycles. The predicted molar refractivity (Wildman–Crippen MR) is 96.1 cm³/mol. The molecule has 1 fully saturated rings. The van der Waals surface area contributed by atoms with E-state index in [2.05, 4.69) is 20.5 Å². The molecule has 0 unspecified atom stereocenters. The number of carbonyl (C=O) groups is 1. The largest absolute Gasteiger partial charge is 0.497 e. The monoisotopic (exact) mass is 367 g/mol. The molecule has 0 bridgehead atoms. The van der Waals surface area contributed by atoms with Crippen molar-refractivity contribution in [1.82, 2.24) is 34.9 Å². The van der Waals surface area contributed by atoms with Crippen LogP contribution in [0.15, 0.2) is 42.9 Å². The van der Waals surface area contributed by atoms with Gasteiger partial charge in [0.05, 0.1) is 31.7 Å². The highest BCUT2D eigenvalue weighted by atomic mass is 16.5. The van der Waals surface area contributed by atoms with Gasteiger partial charge in [-0.1, -0.05) is 17.3 Å². The van der Waals surface area contributed by atoms with E-state index in [1.54, 1.807) is 24.3 Å². The fourth-order valence-corrected chi connectivity index (χ4v) is 3.06. The molecule has 0 atom stereocenters. The van der Waals surface area contributed by atoms with E-state index in [4.69, 9.17) is 4.74 Å². The van der Waals surface area contributed by atoms with Gasteiger partial charge in [-0.25, -0.2) is 4.68 Å². The number of hydrogen-bond acceptors (Lipinski definition) is 6. The minimum atomic E-state index is 0.170. The molecule has 1 aromatic carbocycles. The third-order valence-corrected chi connectivity index (χ3v) is 4.70. The standard InChI is InChI=1S/C18H21N7O2/c1-27-17-5-2-14(3-6-17)4-7-18(26)23-12-16(13-23)24-10-15(21-22-24)11-25-19-8-9-20-25/h2-3,5-6,8-10,16H,4,7,11-13H2,1H3. The van der Waals surface area contributed by atoms with Crippen LogP contribution in [-0.2, 0) is 17.8 Å². The van der Waals surface area contributed by atoms with Crippen LogP contribution in [-0.4, -0.2) is 61.0 Å². The number of aryl methyl sites for hydroxylation is 1. The second kappa shape index (κ2) is 7.56. The third-order valence-electron chi connectivity index (χ3n) is 4.70. The van der Waals surface area contributed by atoms with E-state index in [9.17, 15) is 4.79 Å². The van der Waals surface area contributed by atoms with Crippen molar-refractivity contribution in [2.45, 2.75) is 25.4 Å². The Hall–Kier alpha value is -3.23. The Balaban J connectivity index is 1.24. The molecular formula is C18H21N7O2. The Morgan fingerprint density at radius 3 is 2.63 bits per heavy atom. The van der Waals surface area contributed by atoms with E-state index in [1.165, 1.54) is 0 Å². The van der Waals surface area contributed by atoms with Crippen molar-refractivity contribution < 1.29 is 9.53 Å². The van der Waals surface area contributed by atoms with Crippen LogP contribution < -0.4 is 4.74 Å². The predicted octanol–water partition coefficient (Wildman–Crippen LogP) is 0.943. The van der Waals surface area contributed by atoms with Gasteiger partial charge in [0.1, 0.15) is 18.0 Å². The molecule has 0 radical (unpaired) electrons. The number of hydrogen-bond donors (Lipinski definition) is 0. The highest BCUT2D eigenvalue weighted by molar-refractivity contribution is 5.77. The van der Waals surface area contributed by atoms with Crippen molar-refractivity contribution in [2.75, 3.05) is 20.2 Å². The summed E-state index contributed by atoms with van der Waals surface area (Å²) in [7, 11) is 1.64. The summed E-state index contributed by atoms with van der Waals surface area (Å²) in [4.78, 5) is 15.8. The number of carbonyl (C=O) groups excluding carboxylic acids is 1. The maximum atomic E-state index is 12.4. The fraction of sp³-hybridized carbons (Fsp3) is 0.389. The van der Waals surface area contributed by atoms with Crippen LogP contribution in [0, 0.1) is 0 Å². The molecule has 1 aliphatic rings. The molecule has 0 spiro atoms. The van der Waals surface area contributed by atoms with Crippen molar-refractivity contribution in [2.24, 2.45) is 0 Å². The van der Waals surface area contributed by atoms with Gasteiger partial charge in [0.15, 0.2) is 0 Å². The van der Waals surface area contributed by atoms with Crippen LogP contribution in [0.3, 0.4) is 0 Å². The van der Waals surface area contributed by atoms with E-state index < -0.39 is 0 Å². The minimum absolute atomic E-state index is 0.170. The first-order chi connectivity index (χ1) is 13.2. The number of benzene rings is 1. The molecule has 4 rings (SSSR count). The molecule has 0 saturated carbocycles. The summed E-state index contributed by atoms with van der Waals surface area (Å²) in [6.45, 7) is 1.83. The average Bonchev–Trinajstić information content (AvgIpc) is 3.32. The third kappa shape index (κ3) is 3.97. The fourth-order valence-electron chi connectivity index (χ4n) is 3.06. The molecule has 3 heterocycles. The molecule has 0 aliphatic carbocycles. The van der Waals surface area contributed by atoms with E-state index in [0.29, 0.717) is 26.1 Å². The van der Waals surface area contributed by atoms with Crippen LogP contribution in [0.25, 0.3) is 0 Å². The number of likely N-dealkylation sites (tertiary alicyclic amines) is 1. The maximum Gasteiger partial charge on any atom is 0.223 e. The first-order valence-electron chi connectivity index (χ1n) is 8.87. The van der Waals surface area contributed by atoms with Crippen LogP contribution in [0.1, 0.15) is 23.7 Å². The number of nitrogens with zero attached hydrogens (tertiary/aromatic N) is 7. The zero-order valence-electron chi connectivity index (χ0n) is 15.1. The Morgan fingerprint density at radius 2 is 1.93 bits per heavy atom. The number of ether oxygens (including phenoxy) is 1. The van der Waals surface area contributed by atoms with E-state index >= 15 is 0 Å². The molecule has 27 heavy (non-hydrogen) atoms. The summed E-state index contributed by atoms with van der Waals surface area (Å²) < 4.78 is 6.97. The highest BCUT2D eigenvalue weighted by Crippen LogP contribution is 2.22. The summed E-state index contributed by atoms with van der Waals surface area (Å²) >= 11 is 0. The SMILES string of the molecule is COc1ccc(CCC(=O)N2CC(n3cc(Cn4nccn4)nn3)C2)cc1. The Kier molecular flexibility index (Phi) is 4.82. The lowest BCUT2D eigenvalue weighted by Gasteiger charge is -2.39. The van der Waals surface area contributed by atoms with Gasteiger partial charge >= 0.3 is 0 Å². The highest BCUT2D eigenvalue weighted by Gasteiger charge is 2.32. The lowest BCUT2D eigenvalue weighted by molar-refractivity contribution is -0.137. The van der Waals surface area contributed by atoms with E-state index in [-0.39, 0.29) is 11.9 Å². The molecule has 140 valence electrons. The number of methoxy groups -OCH3 is 1. The summed E-state index contributed by atoms with van der Waals surface area (Å²) in [5.41, 5.74) is 1.94. The number of amides is 1. The summed E-state index contributed by atoms with van der Waals surface area (Å²) in [6, 6.07) is 8.01. The van der Waals surface area contributed by atoms with Crippen LogP contribution >= 0.6 is 0 Å². The van der Waals surface area contributed by atoms with Gasteiger partial charge in [0, 0.05) is 19.5 Å². The minimum Gasteiger partial charge on any atom is -0.497 e. The average molecular weight is 367 g/mol. The van der Waals surface area contributed by atoms with Crippen LogP contribution in [0.4, 0.5) is 0 Å². The lowest BCUT2D eigenvalue weighted by atomic mass is 10.1. The van der Waals surface area contributed by atoms with Crippen molar-refractivity contribution in [1.29, 1.82) is 0 Å². The number of aromatic nitrogens is 6. The zero-order chi connectivity index (χ0) is 18.6. The quantitative estimate of drug-likeness (QED) is 0.617. The van der Waals surface area contributed by atoms with Crippen LogP contribution in [0.2, 0.25) is 0 Å². The molecule has 1 amide bonds. The lowest BCUT2D eigenvalue weighted by Crippen LogP contribution is -2.51. The van der Waals surface area contributed by atoms with Gasteiger partial charge in [-0.15, -0.1) is 5.10 Å². The number of rotatable bonds is 7. The first kappa shape index (κ1) is 17.2. The smallest absolute Gasteiger partial charge is 0.223 e. The van der Waals surface area contributed by atoms with Gasteiger partial charge in [-0.05, 0) is 24.1 Å². The van der Waals surface area contributed by atoms with Crippen molar-refractivity contribution in [3.8, 4) is 5.75 Å². The second-order valence-corrected chi connectivity index (χ2v) is 6.55. The van der Waals surface area contributed by atoms with Crippen molar-refractivity contribution in [3.63, 3.8) is 0 Å². The zero-order valence-corrected chi connectivity index (χ0v) is 15.1. The Morgan fingerprint density at radius 1 is 1.19 bits per heavy atom. The van der Waals surface area contributed by atoms with Crippen LogP contribution in [0.5, 0.6) is 5.75 Å². The first-order valence-corrected chi connectivity index (χ1v) is 8.87. The van der Waals surface area contributed by atoms with Crippen molar-refractivity contribution >= 4 is 5.91 Å². The summed E-state index contributed by atoms with van der Waals surface area (Å²) in [5, 5.41) is 16.4. The summed E-state index contributed by atoms with van der Waals surface area (Å²) in [5.74, 6) is 0.995. The Labute approximate surface area is 156 Å². The maximum absolute atomic E-state index is 12.4. The molecule has 9 heteroatoms. The topological polar surface area (TPSA) is 91.0 Å². The van der Waals surface area contributed by atoms with Gasteiger partial charge in [-0.3, -0.25) is 4.79 Å². The summed E-state index contributed by atoms with van der Waals surface area (Å²) in [6.07, 6.45) is 6.39. The Bertz CT molecular complexity index is 883. The molecule has 1 aliphatic heterocycles. The molecule has 3 aromatic rings. The van der Waals surface area contributed by atoms with E-state index in [0.717, 1.165) is 23.4 Å². The van der Waals surface area contributed by atoms with Gasteiger partial charge in [-0.2, -0.15) is 15.0 Å². The molecular weight excluding hydrogens is 346 g/mol. The van der Waals surface area contributed by atoms with Gasteiger partial charge < -0.3 is 9.64 Å².